The monoisotopic (exact) mass is 452 g/mol. The van der Waals surface area contributed by atoms with Crippen LogP contribution >= 0.6 is 0 Å². The van der Waals surface area contributed by atoms with Gasteiger partial charge in [0, 0.05) is 5.69 Å². The number of benzene rings is 2. The van der Waals surface area contributed by atoms with Gasteiger partial charge in [0.25, 0.3) is 17.7 Å². The maximum atomic E-state index is 12.8. The molecule has 1 heterocycles. The van der Waals surface area contributed by atoms with Crippen molar-refractivity contribution in [2.45, 2.75) is 32.2 Å². The van der Waals surface area contributed by atoms with Crippen LogP contribution in [0.25, 0.3) is 0 Å². The van der Waals surface area contributed by atoms with E-state index in [1.54, 1.807) is 12.1 Å². The largest absolute Gasteiger partial charge is 0.465 e. The molecule has 33 heavy (non-hydrogen) atoms. The van der Waals surface area contributed by atoms with Gasteiger partial charge >= 0.3 is 11.9 Å². The van der Waals surface area contributed by atoms with Crippen LogP contribution in [-0.4, -0.2) is 54.3 Å². The lowest BCUT2D eigenvalue weighted by molar-refractivity contribution is -0.151. The van der Waals surface area contributed by atoms with Gasteiger partial charge in [-0.1, -0.05) is 31.9 Å². The first-order valence-corrected chi connectivity index (χ1v) is 10.5. The summed E-state index contributed by atoms with van der Waals surface area (Å²) in [5, 5.41) is 2.55. The van der Waals surface area contributed by atoms with Crippen molar-refractivity contribution in [2.75, 3.05) is 19.0 Å². The number of nitrogens with zero attached hydrogens (tertiary/aromatic N) is 1. The predicted octanol–water partition coefficient (Wildman–Crippen LogP) is 2.81. The molecule has 1 aliphatic rings. The third-order valence-corrected chi connectivity index (χ3v) is 5.18. The second-order valence-corrected chi connectivity index (χ2v) is 7.41. The maximum Gasteiger partial charge on any atom is 0.337 e. The lowest BCUT2D eigenvalue weighted by Gasteiger charge is -2.24. The van der Waals surface area contributed by atoms with Gasteiger partial charge in [0.15, 0.2) is 6.61 Å². The van der Waals surface area contributed by atoms with E-state index in [1.165, 1.54) is 43.5 Å². The van der Waals surface area contributed by atoms with Gasteiger partial charge in [-0.3, -0.25) is 19.3 Å². The Balaban J connectivity index is 1.64. The molecule has 1 aliphatic heterocycles. The normalized spacial score (nSPS) is 13.3. The molecule has 2 aromatic carbocycles. The summed E-state index contributed by atoms with van der Waals surface area (Å²) < 4.78 is 9.77. The van der Waals surface area contributed by atoms with Gasteiger partial charge in [0.2, 0.25) is 0 Å². The zero-order valence-electron chi connectivity index (χ0n) is 18.3. The highest BCUT2D eigenvalue weighted by molar-refractivity contribution is 6.22. The fourth-order valence-corrected chi connectivity index (χ4v) is 3.48. The van der Waals surface area contributed by atoms with Crippen molar-refractivity contribution in [3.63, 3.8) is 0 Å². The number of carbonyl (C=O) groups is 5. The Bertz CT molecular complexity index is 1040. The highest BCUT2D eigenvalue weighted by Gasteiger charge is 2.43. The highest BCUT2D eigenvalue weighted by atomic mass is 16.5. The number of anilines is 1. The van der Waals surface area contributed by atoms with Crippen LogP contribution in [0, 0.1) is 0 Å². The van der Waals surface area contributed by atoms with Gasteiger partial charge in [-0.2, -0.15) is 0 Å². The minimum absolute atomic E-state index is 0.234. The fourth-order valence-electron chi connectivity index (χ4n) is 3.48. The van der Waals surface area contributed by atoms with Crippen molar-refractivity contribution in [1.82, 2.24) is 4.90 Å². The number of unbranched alkanes of at least 4 members (excludes halogenated alkanes) is 1. The Morgan fingerprint density at radius 1 is 0.970 bits per heavy atom. The van der Waals surface area contributed by atoms with Crippen molar-refractivity contribution < 1.29 is 33.4 Å². The first-order valence-electron chi connectivity index (χ1n) is 10.5. The second kappa shape index (κ2) is 10.5. The molecule has 9 heteroatoms. The van der Waals surface area contributed by atoms with E-state index in [4.69, 9.17) is 4.74 Å². The molecule has 0 saturated heterocycles. The number of esters is 2. The van der Waals surface area contributed by atoms with Crippen molar-refractivity contribution in [1.29, 1.82) is 0 Å². The predicted molar refractivity (Wildman–Crippen MR) is 118 cm³/mol. The molecule has 3 rings (SSSR count). The van der Waals surface area contributed by atoms with E-state index in [2.05, 4.69) is 10.1 Å². The number of methoxy groups -OCH3 is 1. The van der Waals surface area contributed by atoms with E-state index in [9.17, 15) is 24.0 Å². The Hall–Kier alpha value is -4.01. The zero-order chi connectivity index (χ0) is 24.0. The summed E-state index contributed by atoms with van der Waals surface area (Å²) in [6.07, 6.45) is 1.57. The third-order valence-electron chi connectivity index (χ3n) is 5.18. The van der Waals surface area contributed by atoms with Gasteiger partial charge < -0.3 is 14.8 Å². The molecular weight excluding hydrogens is 428 g/mol. The van der Waals surface area contributed by atoms with Crippen LogP contribution in [0.1, 0.15) is 57.3 Å². The first kappa shape index (κ1) is 23.6. The van der Waals surface area contributed by atoms with Crippen LogP contribution in [0.15, 0.2) is 48.5 Å². The quantitative estimate of drug-likeness (QED) is 0.459. The summed E-state index contributed by atoms with van der Waals surface area (Å²) in [7, 11) is 1.27. The van der Waals surface area contributed by atoms with Crippen LogP contribution in [0.5, 0.6) is 0 Å². The SMILES string of the molecule is CCCC[C@@H](C(=O)OCC(=O)Nc1ccc(C(=O)OC)cc1)N1C(=O)c2ccccc2C1=O. The molecule has 0 unspecified atom stereocenters. The summed E-state index contributed by atoms with van der Waals surface area (Å²) in [5.41, 5.74) is 1.20. The van der Waals surface area contributed by atoms with Gasteiger partial charge in [-0.25, -0.2) is 9.59 Å². The Kier molecular flexibility index (Phi) is 7.55. The molecule has 0 fully saturated rings. The van der Waals surface area contributed by atoms with Crippen LogP contribution in [0.2, 0.25) is 0 Å². The molecule has 0 radical (unpaired) electrons. The maximum absolute atomic E-state index is 12.8. The number of ether oxygens (including phenoxy) is 2. The van der Waals surface area contributed by atoms with Gasteiger partial charge in [-0.15, -0.1) is 0 Å². The van der Waals surface area contributed by atoms with Gasteiger partial charge in [-0.05, 0) is 42.8 Å². The molecule has 172 valence electrons. The summed E-state index contributed by atoms with van der Waals surface area (Å²) in [5.74, 6) is -3.04. The van der Waals surface area contributed by atoms with E-state index in [1.807, 2.05) is 6.92 Å². The Labute approximate surface area is 190 Å². The number of amides is 3. The fraction of sp³-hybridized carbons (Fsp3) is 0.292. The van der Waals surface area contributed by atoms with Crippen molar-refractivity contribution in [3.8, 4) is 0 Å². The molecule has 1 atom stereocenters. The van der Waals surface area contributed by atoms with Crippen LogP contribution in [0.4, 0.5) is 5.69 Å². The van der Waals surface area contributed by atoms with E-state index < -0.39 is 42.3 Å². The van der Waals surface area contributed by atoms with E-state index in [0.29, 0.717) is 17.7 Å². The average Bonchev–Trinajstić information content (AvgIpc) is 3.08. The smallest absolute Gasteiger partial charge is 0.337 e. The Morgan fingerprint density at radius 2 is 1.58 bits per heavy atom. The van der Waals surface area contributed by atoms with Crippen molar-refractivity contribution in [3.05, 3.63) is 65.2 Å². The lowest BCUT2D eigenvalue weighted by atomic mass is 10.1. The minimum Gasteiger partial charge on any atom is -0.465 e. The molecule has 3 amide bonds. The summed E-state index contributed by atoms with van der Waals surface area (Å²) in [4.78, 5) is 63.0. The van der Waals surface area contributed by atoms with Crippen LogP contribution in [0.3, 0.4) is 0 Å². The number of imide groups is 1. The summed E-state index contributed by atoms with van der Waals surface area (Å²) >= 11 is 0. The van der Waals surface area contributed by atoms with Crippen LogP contribution in [-0.2, 0) is 19.1 Å². The number of rotatable bonds is 9. The molecule has 0 aliphatic carbocycles. The zero-order valence-corrected chi connectivity index (χ0v) is 18.3. The molecule has 1 N–H and O–H groups in total. The number of carbonyl (C=O) groups excluding carboxylic acids is 5. The standard InChI is InChI=1S/C24H24N2O7/c1-3-4-9-19(26-21(28)17-7-5-6-8-18(17)22(26)29)24(31)33-14-20(27)25-16-12-10-15(11-13-16)23(30)32-2/h5-8,10-13,19H,3-4,9,14H2,1-2H3,(H,25,27)/t19-/m0/s1. The molecule has 0 saturated carbocycles. The number of fused-ring (bicyclic) bond motifs is 1. The van der Waals surface area contributed by atoms with Crippen molar-refractivity contribution in [2.24, 2.45) is 0 Å². The molecule has 0 spiro atoms. The highest BCUT2D eigenvalue weighted by Crippen LogP contribution is 2.27. The number of hydrogen-bond donors (Lipinski definition) is 1. The van der Waals surface area contributed by atoms with Gasteiger partial charge in [0.05, 0.1) is 23.8 Å². The Morgan fingerprint density at radius 3 is 2.12 bits per heavy atom. The topological polar surface area (TPSA) is 119 Å². The summed E-state index contributed by atoms with van der Waals surface area (Å²) in [6.45, 7) is 1.33. The van der Waals surface area contributed by atoms with Gasteiger partial charge in [0.1, 0.15) is 6.04 Å². The van der Waals surface area contributed by atoms with Crippen LogP contribution < -0.4 is 5.32 Å². The lowest BCUT2D eigenvalue weighted by Crippen LogP contribution is -2.46. The molecule has 0 aromatic heterocycles. The summed E-state index contributed by atoms with van der Waals surface area (Å²) in [6, 6.07) is 11.2. The van der Waals surface area contributed by atoms with Crippen molar-refractivity contribution >= 4 is 35.3 Å². The van der Waals surface area contributed by atoms with E-state index in [0.717, 1.165) is 11.3 Å². The average molecular weight is 452 g/mol. The second-order valence-electron chi connectivity index (χ2n) is 7.41. The molecular formula is C24H24N2O7. The number of hydrogen-bond acceptors (Lipinski definition) is 7. The first-order chi connectivity index (χ1) is 15.9. The molecule has 2 aromatic rings. The van der Waals surface area contributed by atoms with E-state index in [-0.39, 0.29) is 17.5 Å². The van der Waals surface area contributed by atoms with E-state index >= 15 is 0 Å². The third kappa shape index (κ3) is 5.25. The minimum atomic E-state index is -1.12. The number of nitrogens with one attached hydrogen (secondary N) is 1. The molecule has 9 nitrogen and oxygen atoms in total. The molecule has 0 bridgehead atoms.